The van der Waals surface area contributed by atoms with Gasteiger partial charge in [-0.25, -0.2) is 0 Å². The van der Waals surface area contributed by atoms with E-state index in [1.165, 1.54) is 11.3 Å². The number of aromatic nitrogens is 3. The molecule has 0 bridgehead atoms. The van der Waals surface area contributed by atoms with Crippen LogP contribution in [-0.2, 0) is 6.54 Å². The minimum Gasteiger partial charge on any atom is -0.352 e. The fraction of sp³-hybridized carbons (Fsp3) is 0.192. The molecule has 4 aromatic rings. The number of nitrogens with one attached hydrogen (secondary N) is 1. The lowest BCUT2D eigenvalue weighted by Crippen LogP contribution is -2.29. The fourth-order valence-electron chi connectivity index (χ4n) is 4.67. The summed E-state index contributed by atoms with van der Waals surface area (Å²) in [6, 6.07) is 20.2. The summed E-state index contributed by atoms with van der Waals surface area (Å²) in [5.74, 6) is 0. The van der Waals surface area contributed by atoms with Crippen molar-refractivity contribution in [2.45, 2.75) is 32.5 Å². The van der Waals surface area contributed by atoms with Crippen molar-refractivity contribution in [2.75, 3.05) is 0 Å². The second-order valence-electron chi connectivity index (χ2n) is 8.25. The predicted molar refractivity (Wildman–Crippen MR) is 135 cm³/mol. The standard InChI is InChI=1S/C26H24ClN5S/c1-17-15-22(18(2)32(17)21-8-6-20(27)7-9-21)25-24(23-5-3-4-12-29-23)30-26(33)31(25)16-19-10-13-28-14-11-19/h3-15,24-25H,16H2,1-2H3,(H,30,33)/t24-,25+/m0/s1. The highest BCUT2D eigenvalue weighted by Gasteiger charge is 2.41. The summed E-state index contributed by atoms with van der Waals surface area (Å²) < 4.78 is 2.27. The number of hydrogen-bond acceptors (Lipinski definition) is 3. The minimum atomic E-state index is -0.0558. The molecule has 5 nitrogen and oxygen atoms in total. The molecular formula is C26H24ClN5S. The Balaban J connectivity index is 1.61. The number of rotatable bonds is 5. The Bertz CT molecular complexity index is 1270. The largest absolute Gasteiger partial charge is 0.352 e. The third-order valence-corrected chi connectivity index (χ3v) is 6.78. The Morgan fingerprint density at radius 3 is 2.45 bits per heavy atom. The highest BCUT2D eigenvalue weighted by atomic mass is 35.5. The summed E-state index contributed by atoms with van der Waals surface area (Å²) in [5, 5.41) is 5.00. The van der Waals surface area contributed by atoms with Crippen LogP contribution in [0.25, 0.3) is 5.69 Å². The van der Waals surface area contributed by atoms with Gasteiger partial charge in [0.15, 0.2) is 5.11 Å². The Morgan fingerprint density at radius 2 is 1.76 bits per heavy atom. The van der Waals surface area contributed by atoms with E-state index < -0.39 is 0 Å². The van der Waals surface area contributed by atoms with Crippen molar-refractivity contribution < 1.29 is 0 Å². The first kappa shape index (κ1) is 21.6. The normalized spacial score (nSPS) is 17.9. The molecule has 5 rings (SSSR count). The fourth-order valence-corrected chi connectivity index (χ4v) is 5.10. The first-order valence-electron chi connectivity index (χ1n) is 10.8. The Hall–Kier alpha value is -3.22. The molecule has 0 aliphatic carbocycles. The van der Waals surface area contributed by atoms with Gasteiger partial charge in [-0.15, -0.1) is 0 Å². The lowest BCUT2D eigenvalue weighted by Gasteiger charge is -2.28. The lowest BCUT2D eigenvalue weighted by atomic mass is 9.96. The van der Waals surface area contributed by atoms with Crippen molar-refractivity contribution >= 4 is 28.9 Å². The summed E-state index contributed by atoms with van der Waals surface area (Å²) in [4.78, 5) is 11.1. The van der Waals surface area contributed by atoms with E-state index in [1.54, 1.807) is 0 Å². The van der Waals surface area contributed by atoms with Gasteiger partial charge in [-0.05, 0) is 91.8 Å². The van der Waals surface area contributed by atoms with E-state index in [2.05, 4.69) is 62.9 Å². The van der Waals surface area contributed by atoms with Crippen LogP contribution in [0.5, 0.6) is 0 Å². The van der Waals surface area contributed by atoms with Gasteiger partial charge >= 0.3 is 0 Å². The summed E-state index contributed by atoms with van der Waals surface area (Å²) in [7, 11) is 0. The maximum absolute atomic E-state index is 6.14. The van der Waals surface area contributed by atoms with Crippen LogP contribution in [0, 0.1) is 13.8 Å². The quantitative estimate of drug-likeness (QED) is 0.376. The van der Waals surface area contributed by atoms with Crippen LogP contribution in [0.4, 0.5) is 0 Å². The van der Waals surface area contributed by atoms with E-state index in [0.29, 0.717) is 6.54 Å². The number of thiocarbonyl (C=S) groups is 1. The molecule has 0 unspecified atom stereocenters. The van der Waals surface area contributed by atoms with Crippen LogP contribution in [0.1, 0.15) is 40.3 Å². The zero-order valence-electron chi connectivity index (χ0n) is 18.4. The number of aryl methyl sites for hydroxylation is 1. The van der Waals surface area contributed by atoms with Crippen LogP contribution >= 0.6 is 23.8 Å². The van der Waals surface area contributed by atoms with Gasteiger partial charge in [-0.3, -0.25) is 9.97 Å². The highest BCUT2D eigenvalue weighted by molar-refractivity contribution is 7.80. The van der Waals surface area contributed by atoms with Crippen molar-refractivity contribution in [1.82, 2.24) is 24.8 Å². The molecule has 7 heteroatoms. The molecule has 3 aromatic heterocycles. The second kappa shape index (κ2) is 8.96. The molecule has 1 aromatic carbocycles. The number of hydrogen-bond donors (Lipinski definition) is 1. The summed E-state index contributed by atoms with van der Waals surface area (Å²) in [5.41, 5.74) is 6.77. The SMILES string of the molecule is Cc1cc([C@@H]2[C@H](c3ccccn3)NC(=S)N2Cc2ccncc2)c(C)n1-c1ccc(Cl)cc1. The summed E-state index contributed by atoms with van der Waals surface area (Å²) >= 11 is 12.0. The maximum Gasteiger partial charge on any atom is 0.170 e. The van der Waals surface area contributed by atoms with Crippen molar-refractivity contribution in [3.63, 3.8) is 0 Å². The highest BCUT2D eigenvalue weighted by Crippen LogP contribution is 2.42. The molecule has 0 amide bonds. The van der Waals surface area contributed by atoms with E-state index in [9.17, 15) is 0 Å². The van der Waals surface area contributed by atoms with Crippen LogP contribution in [-0.4, -0.2) is 24.5 Å². The summed E-state index contributed by atoms with van der Waals surface area (Å²) in [6.07, 6.45) is 5.47. The van der Waals surface area contributed by atoms with Gasteiger partial charge in [-0.1, -0.05) is 17.7 Å². The van der Waals surface area contributed by atoms with Crippen molar-refractivity contribution in [1.29, 1.82) is 0 Å². The average molecular weight is 474 g/mol. The molecule has 1 fully saturated rings. The molecule has 1 aliphatic rings. The predicted octanol–water partition coefficient (Wildman–Crippen LogP) is 5.71. The van der Waals surface area contributed by atoms with E-state index >= 15 is 0 Å². The number of nitrogens with zero attached hydrogens (tertiary/aromatic N) is 4. The molecule has 1 N–H and O–H groups in total. The Labute approximate surface area is 204 Å². The molecule has 1 aliphatic heterocycles. The van der Waals surface area contributed by atoms with Crippen LogP contribution in [0.15, 0.2) is 79.3 Å². The van der Waals surface area contributed by atoms with Crippen molar-refractivity contribution in [3.8, 4) is 5.69 Å². The Kier molecular flexibility index (Phi) is 5.87. The zero-order chi connectivity index (χ0) is 22.9. The van der Waals surface area contributed by atoms with Crippen LogP contribution < -0.4 is 5.32 Å². The molecule has 0 spiro atoms. The molecule has 166 valence electrons. The molecule has 4 heterocycles. The molecule has 33 heavy (non-hydrogen) atoms. The van der Waals surface area contributed by atoms with Crippen molar-refractivity contribution in [2.24, 2.45) is 0 Å². The van der Waals surface area contributed by atoms with Gasteiger partial charge in [0.25, 0.3) is 0 Å². The van der Waals surface area contributed by atoms with E-state index in [-0.39, 0.29) is 12.1 Å². The zero-order valence-corrected chi connectivity index (χ0v) is 20.0. The third kappa shape index (κ3) is 4.12. The number of benzene rings is 1. The molecular weight excluding hydrogens is 450 g/mol. The monoisotopic (exact) mass is 473 g/mol. The van der Waals surface area contributed by atoms with E-state index in [0.717, 1.165) is 32.8 Å². The van der Waals surface area contributed by atoms with Gasteiger partial charge in [0.1, 0.15) is 0 Å². The molecule has 0 saturated carbocycles. The molecule has 0 radical (unpaired) electrons. The Morgan fingerprint density at radius 1 is 1.00 bits per heavy atom. The summed E-state index contributed by atoms with van der Waals surface area (Å²) in [6.45, 7) is 4.99. The van der Waals surface area contributed by atoms with Gasteiger partial charge in [-0.2, -0.15) is 0 Å². The smallest absolute Gasteiger partial charge is 0.170 e. The molecule has 1 saturated heterocycles. The third-order valence-electron chi connectivity index (χ3n) is 6.17. The molecule has 2 atom stereocenters. The maximum atomic E-state index is 6.14. The van der Waals surface area contributed by atoms with E-state index in [1.807, 2.05) is 55.0 Å². The second-order valence-corrected chi connectivity index (χ2v) is 9.07. The van der Waals surface area contributed by atoms with Gasteiger partial charge in [0, 0.05) is 47.2 Å². The minimum absolute atomic E-state index is 0.00665. The first-order chi connectivity index (χ1) is 16.0. The van der Waals surface area contributed by atoms with Gasteiger partial charge < -0.3 is 14.8 Å². The number of halogens is 1. The topological polar surface area (TPSA) is 46.0 Å². The van der Waals surface area contributed by atoms with Crippen molar-refractivity contribution in [3.05, 3.63) is 112 Å². The van der Waals surface area contributed by atoms with Crippen LogP contribution in [0.3, 0.4) is 0 Å². The van der Waals surface area contributed by atoms with Gasteiger partial charge in [0.05, 0.1) is 17.8 Å². The van der Waals surface area contributed by atoms with E-state index in [4.69, 9.17) is 23.8 Å². The number of pyridine rings is 2. The first-order valence-corrected chi connectivity index (χ1v) is 11.6. The average Bonchev–Trinajstić information content (AvgIpc) is 3.31. The van der Waals surface area contributed by atoms with Crippen LogP contribution in [0.2, 0.25) is 5.02 Å². The van der Waals surface area contributed by atoms with Gasteiger partial charge in [0.2, 0.25) is 0 Å². The lowest BCUT2D eigenvalue weighted by molar-refractivity contribution is 0.310.